The Hall–Kier alpha value is -1.90. The second-order valence-corrected chi connectivity index (χ2v) is 6.64. The quantitative estimate of drug-likeness (QED) is 0.168. The zero-order valence-electron chi connectivity index (χ0n) is 17.0. The van der Waals surface area contributed by atoms with Crippen LogP contribution >= 0.6 is 24.0 Å². The van der Waals surface area contributed by atoms with Crippen LogP contribution in [0, 0.1) is 0 Å². The van der Waals surface area contributed by atoms with E-state index < -0.39 is 0 Å². The van der Waals surface area contributed by atoms with Crippen LogP contribution in [0.1, 0.15) is 43.7 Å². The van der Waals surface area contributed by atoms with Gasteiger partial charge in [0.25, 0.3) is 0 Å². The summed E-state index contributed by atoms with van der Waals surface area (Å²) in [6.07, 6.45) is 9.99. The van der Waals surface area contributed by atoms with E-state index in [4.69, 9.17) is 4.99 Å². The fourth-order valence-electron chi connectivity index (χ4n) is 2.88. The largest absolute Gasteiger partial charge is 0.357 e. The van der Waals surface area contributed by atoms with Gasteiger partial charge >= 0.3 is 0 Å². The van der Waals surface area contributed by atoms with Gasteiger partial charge in [-0.3, -0.25) is 0 Å². The van der Waals surface area contributed by atoms with Gasteiger partial charge in [-0.05, 0) is 37.3 Å². The third-order valence-corrected chi connectivity index (χ3v) is 4.31. The van der Waals surface area contributed by atoms with Gasteiger partial charge in [-0.2, -0.15) is 5.10 Å². The van der Waals surface area contributed by atoms with Crippen molar-refractivity contribution in [1.29, 1.82) is 0 Å². The van der Waals surface area contributed by atoms with Gasteiger partial charge < -0.3 is 10.2 Å². The first kappa shape index (κ1) is 24.1. The molecule has 0 saturated heterocycles. The molecule has 0 radical (unpaired) electrons. The lowest BCUT2D eigenvalue weighted by Crippen LogP contribution is -2.39. The monoisotopic (exact) mass is 496 g/mol. The molecule has 7 heteroatoms. The zero-order valence-corrected chi connectivity index (χ0v) is 19.4. The highest BCUT2D eigenvalue weighted by Crippen LogP contribution is 2.09. The van der Waals surface area contributed by atoms with Crippen LogP contribution in [-0.2, 0) is 13.1 Å². The van der Waals surface area contributed by atoms with Crippen molar-refractivity contribution in [2.45, 2.75) is 45.7 Å². The van der Waals surface area contributed by atoms with Gasteiger partial charge in [0.2, 0.25) is 0 Å². The number of halogens is 1. The Bertz CT molecular complexity index is 699. The fourth-order valence-corrected chi connectivity index (χ4v) is 2.88. The molecule has 2 rings (SSSR count). The Morgan fingerprint density at radius 1 is 1.29 bits per heavy atom. The van der Waals surface area contributed by atoms with Crippen LogP contribution in [0.15, 0.2) is 54.6 Å². The SMILES string of the molecule is C=CCCCCCN(C)C(=NCc1cccc(Cn2cncn2)c1)NCC.I. The van der Waals surface area contributed by atoms with Crippen LogP contribution in [0.25, 0.3) is 0 Å². The minimum atomic E-state index is 0. The number of hydrogen-bond acceptors (Lipinski definition) is 3. The minimum Gasteiger partial charge on any atom is -0.357 e. The number of hydrogen-bond donors (Lipinski definition) is 1. The van der Waals surface area contributed by atoms with Gasteiger partial charge in [-0.15, -0.1) is 30.6 Å². The first-order valence-electron chi connectivity index (χ1n) is 9.73. The molecule has 0 atom stereocenters. The average molecular weight is 496 g/mol. The van der Waals surface area contributed by atoms with Crippen molar-refractivity contribution in [2.75, 3.05) is 20.1 Å². The Morgan fingerprint density at radius 2 is 2.11 bits per heavy atom. The van der Waals surface area contributed by atoms with E-state index in [0.717, 1.165) is 32.0 Å². The molecule has 0 spiro atoms. The van der Waals surface area contributed by atoms with Gasteiger partial charge in [0.05, 0.1) is 13.1 Å². The van der Waals surface area contributed by atoms with Crippen LogP contribution in [0.4, 0.5) is 0 Å². The summed E-state index contributed by atoms with van der Waals surface area (Å²) >= 11 is 0. The van der Waals surface area contributed by atoms with Gasteiger partial charge in [0.1, 0.15) is 12.7 Å². The Morgan fingerprint density at radius 3 is 2.82 bits per heavy atom. The van der Waals surface area contributed by atoms with Crippen molar-refractivity contribution in [1.82, 2.24) is 25.0 Å². The molecule has 0 fully saturated rings. The average Bonchev–Trinajstić information content (AvgIpc) is 3.18. The molecule has 28 heavy (non-hydrogen) atoms. The summed E-state index contributed by atoms with van der Waals surface area (Å²) in [6.45, 7) is 9.14. The minimum absolute atomic E-state index is 0. The maximum absolute atomic E-state index is 4.82. The topological polar surface area (TPSA) is 58.3 Å². The summed E-state index contributed by atoms with van der Waals surface area (Å²) in [5.41, 5.74) is 2.40. The predicted molar refractivity (Wildman–Crippen MR) is 127 cm³/mol. The van der Waals surface area contributed by atoms with Crippen LogP contribution in [-0.4, -0.2) is 45.8 Å². The maximum atomic E-state index is 4.82. The Balaban J connectivity index is 0.00000392. The molecular formula is C21H33IN6. The molecule has 1 aromatic carbocycles. The molecule has 0 aliphatic heterocycles. The zero-order chi connectivity index (χ0) is 19.3. The van der Waals surface area contributed by atoms with E-state index in [9.17, 15) is 0 Å². The van der Waals surface area contributed by atoms with Gasteiger partial charge in [0.15, 0.2) is 5.96 Å². The van der Waals surface area contributed by atoms with Crippen molar-refractivity contribution in [3.05, 3.63) is 60.7 Å². The highest BCUT2D eigenvalue weighted by molar-refractivity contribution is 14.0. The smallest absolute Gasteiger partial charge is 0.193 e. The molecule has 6 nitrogen and oxygen atoms in total. The van der Waals surface area contributed by atoms with E-state index >= 15 is 0 Å². The molecule has 0 amide bonds. The third kappa shape index (κ3) is 8.86. The van der Waals surface area contributed by atoms with E-state index in [1.165, 1.54) is 30.4 Å². The predicted octanol–water partition coefficient (Wildman–Crippen LogP) is 4.09. The number of nitrogens with one attached hydrogen (secondary N) is 1. The molecule has 1 aromatic heterocycles. The van der Waals surface area contributed by atoms with Crippen LogP contribution in [0.2, 0.25) is 0 Å². The molecule has 0 saturated carbocycles. The van der Waals surface area contributed by atoms with Crippen LogP contribution in [0.5, 0.6) is 0 Å². The first-order chi connectivity index (χ1) is 13.2. The molecule has 0 unspecified atom stereocenters. The first-order valence-corrected chi connectivity index (χ1v) is 9.73. The lowest BCUT2D eigenvalue weighted by molar-refractivity contribution is 0.455. The second kappa shape index (κ2) is 14.1. The van der Waals surface area contributed by atoms with E-state index in [-0.39, 0.29) is 24.0 Å². The molecular weight excluding hydrogens is 463 g/mol. The summed E-state index contributed by atoms with van der Waals surface area (Å²) in [5, 5.41) is 7.56. The van der Waals surface area contributed by atoms with E-state index in [1.807, 2.05) is 10.8 Å². The van der Waals surface area contributed by atoms with Crippen molar-refractivity contribution >= 4 is 29.9 Å². The molecule has 1 N–H and O–H groups in total. The fraction of sp³-hybridized carbons (Fsp3) is 0.476. The van der Waals surface area contributed by atoms with E-state index in [2.05, 4.69) is 65.1 Å². The highest BCUT2D eigenvalue weighted by Gasteiger charge is 2.05. The molecule has 1 heterocycles. The number of rotatable bonds is 11. The number of aromatic nitrogens is 3. The van der Waals surface area contributed by atoms with Gasteiger partial charge in [-0.1, -0.05) is 36.8 Å². The Kier molecular flexibility index (Phi) is 12.2. The maximum Gasteiger partial charge on any atom is 0.193 e. The molecule has 0 bridgehead atoms. The Labute approximate surface area is 186 Å². The van der Waals surface area contributed by atoms with E-state index in [1.54, 1.807) is 12.7 Å². The summed E-state index contributed by atoms with van der Waals surface area (Å²) < 4.78 is 1.83. The van der Waals surface area contributed by atoms with Gasteiger partial charge in [0, 0.05) is 20.1 Å². The summed E-state index contributed by atoms with van der Waals surface area (Å²) in [4.78, 5) is 11.0. The van der Waals surface area contributed by atoms with Crippen molar-refractivity contribution < 1.29 is 0 Å². The second-order valence-electron chi connectivity index (χ2n) is 6.64. The third-order valence-electron chi connectivity index (χ3n) is 4.31. The summed E-state index contributed by atoms with van der Waals surface area (Å²) in [6, 6.07) is 8.49. The number of aliphatic imine (C=N–C) groups is 1. The standard InChI is InChI=1S/C21H32N6.HI/c1-4-6-7-8-9-13-26(3)21(23-5-2)24-15-19-11-10-12-20(14-19)16-27-18-22-17-25-27;/h4,10-12,14,17-18H,1,5-9,13,15-16H2,2-3H3,(H,23,24);1H. The number of nitrogens with zero attached hydrogens (tertiary/aromatic N) is 5. The number of allylic oxidation sites excluding steroid dienone is 1. The van der Waals surface area contributed by atoms with Crippen molar-refractivity contribution in [3.63, 3.8) is 0 Å². The number of benzene rings is 1. The molecule has 0 aliphatic carbocycles. The molecule has 0 aliphatic rings. The van der Waals surface area contributed by atoms with Crippen molar-refractivity contribution in [2.24, 2.45) is 4.99 Å². The lowest BCUT2D eigenvalue weighted by atomic mass is 10.1. The molecule has 154 valence electrons. The summed E-state index contributed by atoms with van der Waals surface area (Å²) in [5.74, 6) is 0.961. The lowest BCUT2D eigenvalue weighted by Gasteiger charge is -2.22. The summed E-state index contributed by atoms with van der Waals surface area (Å²) in [7, 11) is 2.11. The van der Waals surface area contributed by atoms with Crippen molar-refractivity contribution in [3.8, 4) is 0 Å². The number of unbranched alkanes of at least 4 members (excludes halogenated alkanes) is 3. The normalized spacial score (nSPS) is 11.0. The highest BCUT2D eigenvalue weighted by atomic mass is 127. The molecule has 2 aromatic rings. The van der Waals surface area contributed by atoms with Crippen LogP contribution in [0.3, 0.4) is 0 Å². The number of guanidine groups is 1. The van der Waals surface area contributed by atoms with Crippen LogP contribution < -0.4 is 5.32 Å². The van der Waals surface area contributed by atoms with Gasteiger partial charge in [-0.25, -0.2) is 14.7 Å². The van der Waals surface area contributed by atoms with E-state index in [0.29, 0.717) is 6.54 Å².